The summed E-state index contributed by atoms with van der Waals surface area (Å²) in [4.78, 5) is 0. The smallest absolute Gasteiger partial charge is 0.00934 e. The molecule has 0 amide bonds. The van der Waals surface area contributed by atoms with E-state index in [0.29, 0.717) is 0 Å². The Balaban J connectivity index is 0. The van der Waals surface area contributed by atoms with Gasteiger partial charge in [-0.1, -0.05) is 0 Å². The Morgan fingerprint density at radius 2 is 1.00 bits per heavy atom. The molecule has 0 saturated heterocycles. The summed E-state index contributed by atoms with van der Waals surface area (Å²) in [5.41, 5.74) is 0. The Hall–Kier alpha value is 2.61. The monoisotopic (exact) mass is 302 g/mol. The molecule has 0 aliphatic heterocycles. The first-order valence-electron chi connectivity index (χ1n) is 0. The van der Waals surface area contributed by atoms with E-state index in [1.165, 1.54) is 0 Å². The van der Waals surface area contributed by atoms with E-state index in [0.717, 1.165) is 0 Å². The molecule has 0 bridgehead atoms. The molecular weight excluding hydrogens is 296 g/mol. The van der Waals surface area contributed by atoms with Crippen LogP contribution in [0, 0.1) is 0 Å². The van der Waals surface area contributed by atoms with Crippen LogP contribution in [0.5, 0.6) is 0 Å². The summed E-state index contributed by atoms with van der Waals surface area (Å²) >= 11 is 0. The summed E-state index contributed by atoms with van der Waals surface area (Å²) in [6.07, 6.45) is 0. The van der Waals surface area contributed by atoms with E-state index in [-0.39, 0.29) is 86.9 Å². The summed E-state index contributed by atoms with van der Waals surface area (Å²) in [5.74, 6) is 0. The minimum atomic E-state index is 0. The molecule has 4 radical (unpaired) electrons. The van der Waals surface area contributed by atoms with E-state index in [1.54, 1.807) is 0 Å². The predicted octanol–water partition coefficient (Wildman–Crippen LogP) is -3.02. The van der Waals surface area contributed by atoms with Crippen LogP contribution in [0.2, 0.25) is 0 Å². The van der Waals surface area contributed by atoms with Crippen LogP contribution < -0.4 is 0 Å². The molecule has 0 aromatic heterocycles. The van der Waals surface area contributed by atoms with Gasteiger partial charge >= 0.3 is 24.4 Å². The van der Waals surface area contributed by atoms with Gasteiger partial charge < -0.3 is 0 Å². The first kappa shape index (κ1) is 48.9. The van der Waals surface area contributed by atoms with Crippen molar-refractivity contribution in [3.63, 3.8) is 0 Å². The van der Waals surface area contributed by atoms with Crippen LogP contribution in [-0.4, -0.2) is 52.8 Å². The molecule has 0 N–H and O–H groups in total. The van der Waals surface area contributed by atoms with Gasteiger partial charge in [0, 0.05) is 34.1 Å². The second-order valence-corrected chi connectivity index (χ2v) is 0. The molecule has 0 aliphatic carbocycles. The van der Waals surface area contributed by atoms with Crippen molar-refractivity contribution >= 4 is 52.8 Å². The second kappa shape index (κ2) is 30.6. The Morgan fingerprint density at radius 3 is 1.00 bits per heavy atom. The van der Waals surface area contributed by atoms with Gasteiger partial charge in [-0.25, -0.2) is 0 Å². The average Bonchev–Trinajstić information content (AvgIpc) is 0. The molecule has 0 unspecified atom stereocenters. The molecule has 5 heteroatoms. The first-order valence-corrected chi connectivity index (χ1v) is 0. The van der Waals surface area contributed by atoms with E-state index in [9.17, 15) is 0 Å². The molecule has 0 atom stereocenters. The Kier molecular flexibility index (Phi) is 299. The van der Waals surface area contributed by atoms with Crippen LogP contribution in [0.3, 0.4) is 0 Å². The molecule has 0 heterocycles. The molecule has 0 nitrogen and oxygen atoms in total. The molecule has 0 fully saturated rings. The third-order valence-electron chi connectivity index (χ3n) is 0. The molecule has 38 valence electrons. The second-order valence-electron chi connectivity index (χ2n) is 0. The molecule has 0 spiro atoms. The van der Waals surface area contributed by atoms with Crippen LogP contribution in [0.15, 0.2) is 0 Å². The van der Waals surface area contributed by atoms with Gasteiger partial charge in [-0.3, -0.25) is 0 Å². The molecular formula is H7AlCuFeSbSi. The molecule has 0 aromatic rings. The quantitative estimate of drug-likeness (QED) is 0.418. The molecule has 5 heavy (non-hydrogen) atoms. The van der Waals surface area contributed by atoms with Crippen molar-refractivity contribution in [2.75, 3.05) is 0 Å². The summed E-state index contributed by atoms with van der Waals surface area (Å²) in [6, 6.07) is 0. The maximum absolute atomic E-state index is 0. The van der Waals surface area contributed by atoms with Crippen molar-refractivity contribution in [3.8, 4) is 0 Å². The number of rotatable bonds is 0. The van der Waals surface area contributed by atoms with Gasteiger partial charge in [-0.15, -0.1) is 0 Å². The Labute approximate surface area is 85.8 Å². The van der Waals surface area contributed by atoms with Gasteiger partial charge in [0.1, 0.15) is 0 Å². The van der Waals surface area contributed by atoms with Gasteiger partial charge in [0.15, 0.2) is 17.4 Å². The van der Waals surface area contributed by atoms with Gasteiger partial charge in [0.2, 0.25) is 0 Å². The largest absolute Gasteiger partial charge is 0.00934 e. The van der Waals surface area contributed by atoms with Crippen molar-refractivity contribution in [2.24, 2.45) is 0 Å². The Bertz CT molecular complexity index is 11.6. The first-order chi connectivity index (χ1) is 0. The fraction of sp³-hybridized carbons (Fsp3) is 0. The van der Waals surface area contributed by atoms with Gasteiger partial charge in [0.25, 0.3) is 0 Å². The maximum atomic E-state index is 0. The zero-order valence-corrected chi connectivity index (χ0v) is 8.70. The Morgan fingerprint density at radius 1 is 1.00 bits per heavy atom. The van der Waals surface area contributed by atoms with Crippen molar-refractivity contribution < 1.29 is 34.1 Å². The zero-order valence-electron chi connectivity index (χ0n) is 1.94. The topological polar surface area (TPSA) is 0 Å². The van der Waals surface area contributed by atoms with Crippen molar-refractivity contribution in [3.05, 3.63) is 0 Å². The molecule has 0 rings (SSSR count). The van der Waals surface area contributed by atoms with Crippen LogP contribution in [-0.2, 0) is 34.1 Å². The standard InChI is InChI=1S/Al.Cu.Fe.Sb.H2Si.5H/h;;;;1H2;;;;;. The normalized spacial score (nSPS) is 0. The van der Waals surface area contributed by atoms with E-state index >= 15 is 0 Å². The van der Waals surface area contributed by atoms with Gasteiger partial charge in [0.05, 0.1) is 0 Å². The van der Waals surface area contributed by atoms with Crippen LogP contribution >= 0.6 is 0 Å². The van der Waals surface area contributed by atoms with E-state index in [1.807, 2.05) is 0 Å². The number of hydrogen-bond acceptors (Lipinski definition) is 0. The molecule has 0 aromatic carbocycles. The predicted molar refractivity (Wildman–Crippen MR) is 27.0 cm³/mol. The van der Waals surface area contributed by atoms with E-state index < -0.39 is 0 Å². The zero-order chi connectivity index (χ0) is 0. The third-order valence-corrected chi connectivity index (χ3v) is 0. The van der Waals surface area contributed by atoms with Crippen LogP contribution in [0.25, 0.3) is 0 Å². The van der Waals surface area contributed by atoms with E-state index in [4.69, 9.17) is 0 Å². The van der Waals surface area contributed by atoms with Crippen LogP contribution in [0.1, 0.15) is 0 Å². The SMILES string of the molecule is [AlH3].[Cu].[Fe].[SbH2].[SiH2]. The van der Waals surface area contributed by atoms with Crippen LogP contribution in [0.4, 0.5) is 0 Å². The van der Waals surface area contributed by atoms with Gasteiger partial charge in [-0.05, 0) is 11.0 Å². The summed E-state index contributed by atoms with van der Waals surface area (Å²) in [7, 11) is 0. The summed E-state index contributed by atoms with van der Waals surface area (Å²) < 4.78 is 0. The summed E-state index contributed by atoms with van der Waals surface area (Å²) in [5, 5.41) is 0. The average molecular weight is 303 g/mol. The molecule has 0 aliphatic rings. The summed E-state index contributed by atoms with van der Waals surface area (Å²) in [6.45, 7) is 0. The number of hydrogen-bond donors (Lipinski definition) is 0. The maximum Gasteiger partial charge on any atom is -0.00934 e. The van der Waals surface area contributed by atoms with Crippen molar-refractivity contribution in [1.29, 1.82) is 0 Å². The minimum Gasteiger partial charge on any atom is -0.00934 e. The van der Waals surface area contributed by atoms with E-state index in [2.05, 4.69) is 0 Å². The fourth-order valence-electron chi connectivity index (χ4n) is 0. The molecule has 0 saturated carbocycles. The third kappa shape index (κ3) is 20.6. The van der Waals surface area contributed by atoms with Gasteiger partial charge in [-0.2, -0.15) is 0 Å². The van der Waals surface area contributed by atoms with Crippen molar-refractivity contribution in [2.45, 2.75) is 0 Å². The minimum absolute atomic E-state index is 0. The fourth-order valence-corrected chi connectivity index (χ4v) is 0. The van der Waals surface area contributed by atoms with Crippen molar-refractivity contribution in [1.82, 2.24) is 0 Å².